The summed E-state index contributed by atoms with van der Waals surface area (Å²) in [4.78, 5) is 15.3. The van der Waals surface area contributed by atoms with E-state index in [4.69, 9.17) is 0 Å². The average molecular weight is 186 g/mol. The molecule has 0 saturated carbocycles. The fourth-order valence-corrected chi connectivity index (χ4v) is 1.16. The highest BCUT2D eigenvalue weighted by Crippen LogP contribution is 2.02. The number of carbonyl (C=O) groups is 1. The molecule has 0 rings (SSSR count). The lowest BCUT2D eigenvalue weighted by Gasteiger charge is -2.27. The molecule has 0 aromatic rings. The molecule has 0 N–H and O–H groups in total. The van der Waals surface area contributed by atoms with Crippen molar-refractivity contribution in [2.75, 3.05) is 26.7 Å². The topological polar surface area (TPSA) is 23.6 Å². The first-order valence-electron chi connectivity index (χ1n) is 5.02. The van der Waals surface area contributed by atoms with Gasteiger partial charge < -0.3 is 9.80 Å². The zero-order valence-corrected chi connectivity index (χ0v) is 9.50. The zero-order valence-electron chi connectivity index (χ0n) is 9.50. The van der Waals surface area contributed by atoms with E-state index < -0.39 is 0 Å². The van der Waals surface area contributed by atoms with Gasteiger partial charge in [-0.05, 0) is 19.8 Å². The smallest absolute Gasteiger partial charge is 0.319 e. The number of urea groups is 1. The molecule has 0 bridgehead atoms. The van der Waals surface area contributed by atoms with Crippen LogP contribution in [0.1, 0.15) is 27.7 Å². The predicted octanol–water partition coefficient (Wildman–Crippen LogP) is 2.04. The third-order valence-corrected chi connectivity index (χ3v) is 2.04. The molecule has 0 aliphatic rings. The Labute approximate surface area is 81.7 Å². The highest BCUT2D eigenvalue weighted by molar-refractivity contribution is 5.74. The summed E-state index contributed by atoms with van der Waals surface area (Å²) in [5.41, 5.74) is 0. The van der Waals surface area contributed by atoms with Crippen molar-refractivity contribution < 1.29 is 4.79 Å². The second-order valence-electron chi connectivity index (χ2n) is 3.73. The van der Waals surface area contributed by atoms with Crippen molar-refractivity contribution in [1.29, 1.82) is 0 Å². The van der Waals surface area contributed by atoms with Crippen molar-refractivity contribution in [3.05, 3.63) is 0 Å². The Morgan fingerprint density at radius 1 is 1.23 bits per heavy atom. The van der Waals surface area contributed by atoms with Crippen LogP contribution in [0.2, 0.25) is 0 Å². The molecule has 78 valence electrons. The van der Waals surface area contributed by atoms with E-state index in [1.807, 2.05) is 25.8 Å². The number of rotatable bonds is 4. The summed E-state index contributed by atoms with van der Waals surface area (Å²) in [5, 5.41) is 0. The Bertz CT molecular complexity index is 157. The van der Waals surface area contributed by atoms with Crippen LogP contribution in [0.4, 0.5) is 4.79 Å². The Balaban J connectivity index is 4.14. The van der Waals surface area contributed by atoms with Crippen LogP contribution in [0.3, 0.4) is 0 Å². The molecule has 0 aromatic heterocycles. The van der Waals surface area contributed by atoms with Crippen LogP contribution in [0.15, 0.2) is 0 Å². The van der Waals surface area contributed by atoms with Crippen molar-refractivity contribution in [3.63, 3.8) is 0 Å². The monoisotopic (exact) mass is 186 g/mol. The Kier molecular flexibility index (Phi) is 5.51. The van der Waals surface area contributed by atoms with E-state index in [9.17, 15) is 4.79 Å². The van der Waals surface area contributed by atoms with Gasteiger partial charge in [0.05, 0.1) is 0 Å². The summed E-state index contributed by atoms with van der Waals surface area (Å²) in [7, 11) is 1.84. The van der Waals surface area contributed by atoms with Crippen molar-refractivity contribution in [2.24, 2.45) is 5.92 Å². The molecule has 0 fully saturated rings. The van der Waals surface area contributed by atoms with E-state index in [1.54, 1.807) is 4.90 Å². The fourth-order valence-electron chi connectivity index (χ4n) is 1.16. The van der Waals surface area contributed by atoms with E-state index in [0.717, 1.165) is 19.6 Å². The lowest BCUT2D eigenvalue weighted by Crippen LogP contribution is -2.42. The van der Waals surface area contributed by atoms with E-state index in [2.05, 4.69) is 13.8 Å². The van der Waals surface area contributed by atoms with Crippen LogP contribution < -0.4 is 0 Å². The first-order valence-corrected chi connectivity index (χ1v) is 5.02. The predicted molar refractivity (Wildman–Crippen MR) is 55.8 cm³/mol. The number of amides is 2. The number of hydrogen-bond donors (Lipinski definition) is 0. The first kappa shape index (κ1) is 12.3. The highest BCUT2D eigenvalue weighted by Gasteiger charge is 2.15. The van der Waals surface area contributed by atoms with E-state index in [0.29, 0.717) is 5.92 Å². The zero-order chi connectivity index (χ0) is 10.4. The van der Waals surface area contributed by atoms with Crippen LogP contribution in [0, 0.1) is 5.92 Å². The number of nitrogens with zero attached hydrogens (tertiary/aromatic N) is 2. The average Bonchev–Trinajstić information content (AvgIpc) is 2.11. The van der Waals surface area contributed by atoms with Gasteiger partial charge in [0.1, 0.15) is 0 Å². The van der Waals surface area contributed by atoms with Crippen LogP contribution >= 0.6 is 0 Å². The van der Waals surface area contributed by atoms with E-state index in [-0.39, 0.29) is 6.03 Å². The molecule has 0 atom stereocenters. The molecule has 0 heterocycles. The minimum absolute atomic E-state index is 0.138. The third kappa shape index (κ3) is 4.15. The van der Waals surface area contributed by atoms with Crippen molar-refractivity contribution in [1.82, 2.24) is 9.80 Å². The van der Waals surface area contributed by atoms with Crippen LogP contribution in [-0.2, 0) is 0 Å². The van der Waals surface area contributed by atoms with Gasteiger partial charge in [-0.25, -0.2) is 4.79 Å². The van der Waals surface area contributed by atoms with Gasteiger partial charge in [0.2, 0.25) is 0 Å². The standard InChI is InChI=1S/C10H22N2O/c1-6-11(5)10(13)12(7-2)8-9(3)4/h9H,6-8H2,1-5H3. The second kappa shape index (κ2) is 5.84. The molecule has 0 aliphatic carbocycles. The van der Waals surface area contributed by atoms with Gasteiger partial charge in [-0.1, -0.05) is 13.8 Å². The first-order chi connectivity index (χ1) is 6.02. The fraction of sp³-hybridized carbons (Fsp3) is 0.900. The van der Waals surface area contributed by atoms with Crippen LogP contribution in [0.5, 0.6) is 0 Å². The highest BCUT2D eigenvalue weighted by atomic mass is 16.2. The van der Waals surface area contributed by atoms with E-state index >= 15 is 0 Å². The number of carbonyl (C=O) groups excluding carboxylic acids is 1. The minimum Gasteiger partial charge on any atom is -0.328 e. The molecule has 0 unspecified atom stereocenters. The molecule has 2 amide bonds. The summed E-state index contributed by atoms with van der Waals surface area (Å²) in [6.07, 6.45) is 0. The summed E-state index contributed by atoms with van der Waals surface area (Å²) in [6.45, 7) is 10.7. The Morgan fingerprint density at radius 3 is 2.08 bits per heavy atom. The Hall–Kier alpha value is -0.730. The Morgan fingerprint density at radius 2 is 1.77 bits per heavy atom. The molecule has 0 radical (unpaired) electrons. The summed E-state index contributed by atoms with van der Waals surface area (Å²) < 4.78 is 0. The van der Waals surface area contributed by atoms with Crippen molar-refractivity contribution in [2.45, 2.75) is 27.7 Å². The van der Waals surface area contributed by atoms with Gasteiger partial charge in [-0.15, -0.1) is 0 Å². The summed E-state index contributed by atoms with van der Waals surface area (Å²) >= 11 is 0. The largest absolute Gasteiger partial charge is 0.328 e. The molecule has 3 nitrogen and oxygen atoms in total. The second-order valence-corrected chi connectivity index (χ2v) is 3.73. The molecule has 0 spiro atoms. The number of hydrogen-bond acceptors (Lipinski definition) is 1. The quantitative estimate of drug-likeness (QED) is 0.659. The molecule has 0 aromatic carbocycles. The van der Waals surface area contributed by atoms with Gasteiger partial charge in [0.25, 0.3) is 0 Å². The molecular formula is C10H22N2O. The molecular weight excluding hydrogens is 164 g/mol. The summed E-state index contributed by atoms with van der Waals surface area (Å²) in [5.74, 6) is 0.536. The van der Waals surface area contributed by atoms with Crippen molar-refractivity contribution in [3.8, 4) is 0 Å². The lowest BCUT2D eigenvalue weighted by molar-refractivity contribution is 0.161. The van der Waals surface area contributed by atoms with Crippen molar-refractivity contribution >= 4 is 6.03 Å². The van der Waals surface area contributed by atoms with Gasteiger partial charge in [-0.2, -0.15) is 0 Å². The van der Waals surface area contributed by atoms with Gasteiger partial charge in [0, 0.05) is 26.7 Å². The maximum Gasteiger partial charge on any atom is 0.319 e. The third-order valence-electron chi connectivity index (χ3n) is 2.04. The van der Waals surface area contributed by atoms with Gasteiger partial charge in [0.15, 0.2) is 0 Å². The molecule has 3 heteroatoms. The maximum absolute atomic E-state index is 11.7. The van der Waals surface area contributed by atoms with E-state index in [1.165, 1.54) is 0 Å². The lowest BCUT2D eigenvalue weighted by atomic mass is 10.2. The molecule has 13 heavy (non-hydrogen) atoms. The van der Waals surface area contributed by atoms with Crippen LogP contribution in [0.25, 0.3) is 0 Å². The van der Waals surface area contributed by atoms with Gasteiger partial charge >= 0.3 is 6.03 Å². The maximum atomic E-state index is 11.7. The molecule has 0 saturated heterocycles. The molecule has 0 aliphatic heterocycles. The van der Waals surface area contributed by atoms with Crippen LogP contribution in [-0.4, -0.2) is 42.5 Å². The normalized spacial score (nSPS) is 10.3. The SMILES string of the molecule is CCN(C)C(=O)N(CC)CC(C)C. The minimum atomic E-state index is 0.138. The summed E-state index contributed by atoms with van der Waals surface area (Å²) in [6, 6.07) is 0.138. The van der Waals surface area contributed by atoms with Gasteiger partial charge in [-0.3, -0.25) is 0 Å².